The average molecular weight is 481 g/mol. The van der Waals surface area contributed by atoms with Gasteiger partial charge in [0.25, 0.3) is 0 Å². The molecule has 3 heterocycles. The van der Waals surface area contributed by atoms with Crippen LogP contribution >= 0.6 is 0 Å². The molecule has 0 atom stereocenters. The number of hydrazine groups is 1. The Bertz CT molecular complexity index is 857. The first kappa shape index (κ1) is 35.6. The van der Waals surface area contributed by atoms with Gasteiger partial charge in [0.1, 0.15) is 5.82 Å². The van der Waals surface area contributed by atoms with Crippen molar-refractivity contribution < 1.29 is 44.5 Å². The number of nitrogen functional groups attached to an aromatic ring is 2. The molecular formula is C22H33N8NaO3. The fourth-order valence-corrected chi connectivity index (χ4v) is 1.59. The number of nitriles is 1. The standard InChI is InChI=1S/C8H8N4.C5H7N3.C5H7NO.C2H6O.C2H5O.Na/c9-8-3-5-12(11-8)7-2-1-4-10-6-7;6-8-5-2-1-3-7-4-5;1-2-7-5-3-4-6;2*1-2-3;/h1-6H,(H2,9,11);1-4,8H,6H2;3,5H,2H2,1H3;3H,2H2,1H3;2H2,1H3;/q;;;;-1;+1/b;;5-3+;;;. The van der Waals surface area contributed by atoms with E-state index in [0.717, 1.165) is 11.4 Å². The number of aliphatic hydroxyl groups is 1. The molecule has 11 nitrogen and oxygen atoms in total. The summed E-state index contributed by atoms with van der Waals surface area (Å²) in [5.41, 5.74) is 9.67. The van der Waals surface area contributed by atoms with E-state index in [0.29, 0.717) is 12.4 Å². The van der Waals surface area contributed by atoms with Gasteiger partial charge in [0.05, 0.1) is 48.8 Å². The van der Waals surface area contributed by atoms with Gasteiger partial charge in [-0.15, -0.1) is 6.61 Å². The van der Waals surface area contributed by atoms with Gasteiger partial charge in [0.2, 0.25) is 0 Å². The van der Waals surface area contributed by atoms with Crippen LogP contribution in [0.3, 0.4) is 0 Å². The van der Waals surface area contributed by atoms with Crippen molar-refractivity contribution in [1.29, 1.82) is 5.26 Å². The van der Waals surface area contributed by atoms with Gasteiger partial charge in [-0.3, -0.25) is 15.8 Å². The van der Waals surface area contributed by atoms with Gasteiger partial charge in [-0.1, -0.05) is 6.92 Å². The molecule has 12 heteroatoms. The molecule has 0 aliphatic heterocycles. The normalized spacial score (nSPS) is 8.38. The second-order valence-electron chi connectivity index (χ2n) is 5.27. The number of aromatic nitrogens is 4. The Morgan fingerprint density at radius 3 is 2.12 bits per heavy atom. The Kier molecular flexibility index (Phi) is 29.4. The third-order valence-electron chi connectivity index (χ3n) is 2.75. The molecule has 6 N–H and O–H groups in total. The summed E-state index contributed by atoms with van der Waals surface area (Å²) in [5.74, 6) is 5.57. The first-order valence-corrected chi connectivity index (χ1v) is 9.97. The van der Waals surface area contributed by atoms with Crippen molar-refractivity contribution in [2.45, 2.75) is 20.8 Å². The molecule has 0 saturated heterocycles. The topological polar surface area (TPSA) is 184 Å². The largest absolute Gasteiger partial charge is 1.00 e. The minimum Gasteiger partial charge on any atom is -0.855 e. The van der Waals surface area contributed by atoms with Gasteiger partial charge in [-0.25, -0.2) is 4.68 Å². The van der Waals surface area contributed by atoms with E-state index in [4.69, 9.17) is 27.1 Å². The van der Waals surface area contributed by atoms with Crippen molar-refractivity contribution in [1.82, 2.24) is 19.7 Å². The minimum absolute atomic E-state index is 0. The summed E-state index contributed by atoms with van der Waals surface area (Å²) in [6.45, 7) is 5.99. The monoisotopic (exact) mass is 480 g/mol. The summed E-state index contributed by atoms with van der Waals surface area (Å²) in [6, 6.07) is 11.0. The van der Waals surface area contributed by atoms with Gasteiger partial charge in [0, 0.05) is 31.3 Å². The molecule has 0 aromatic carbocycles. The SMILES string of the molecule is CCO.CCO/C=C/C#N.CC[O-].NNc1cccnc1.Nc1ccn(-c2cccnc2)n1.[Na+]. The van der Waals surface area contributed by atoms with E-state index in [-0.39, 0.29) is 42.8 Å². The van der Waals surface area contributed by atoms with Gasteiger partial charge >= 0.3 is 29.6 Å². The molecule has 3 aromatic rings. The van der Waals surface area contributed by atoms with Crippen LogP contribution in [0.2, 0.25) is 0 Å². The third kappa shape index (κ3) is 22.2. The maximum Gasteiger partial charge on any atom is 1.00 e. The molecule has 0 radical (unpaired) electrons. The van der Waals surface area contributed by atoms with Crippen LogP contribution in [0.5, 0.6) is 0 Å². The molecule has 0 fully saturated rings. The number of nitrogens with two attached hydrogens (primary N) is 2. The quantitative estimate of drug-likeness (QED) is 0.114. The fraction of sp³-hybridized carbons (Fsp3) is 0.273. The molecule has 34 heavy (non-hydrogen) atoms. The number of pyridine rings is 2. The summed E-state index contributed by atoms with van der Waals surface area (Å²) >= 11 is 0. The Labute approximate surface area is 223 Å². The Morgan fingerprint density at radius 1 is 1.18 bits per heavy atom. The van der Waals surface area contributed by atoms with Crippen molar-refractivity contribution in [3.8, 4) is 11.8 Å². The van der Waals surface area contributed by atoms with Crippen LogP contribution in [0, 0.1) is 11.3 Å². The number of ether oxygens (including phenoxy) is 1. The first-order chi connectivity index (χ1) is 16.0. The second kappa shape index (κ2) is 28.1. The van der Waals surface area contributed by atoms with Crippen LogP contribution in [0.25, 0.3) is 5.69 Å². The van der Waals surface area contributed by atoms with Crippen LogP contribution in [-0.2, 0) is 4.74 Å². The van der Waals surface area contributed by atoms with Gasteiger partial charge in [0.15, 0.2) is 0 Å². The summed E-state index contributed by atoms with van der Waals surface area (Å²) in [5, 5.41) is 28.4. The van der Waals surface area contributed by atoms with Crippen LogP contribution in [0.15, 0.2) is 73.7 Å². The van der Waals surface area contributed by atoms with Crippen molar-refractivity contribution in [2.24, 2.45) is 5.84 Å². The van der Waals surface area contributed by atoms with Gasteiger partial charge in [-0.2, -0.15) is 10.4 Å². The van der Waals surface area contributed by atoms with Crippen molar-refractivity contribution >= 4 is 11.5 Å². The van der Waals surface area contributed by atoms with Crippen LogP contribution < -0.4 is 51.7 Å². The van der Waals surface area contributed by atoms with E-state index >= 15 is 0 Å². The number of anilines is 2. The van der Waals surface area contributed by atoms with Crippen LogP contribution in [-0.4, -0.2) is 44.7 Å². The van der Waals surface area contributed by atoms with E-state index < -0.39 is 0 Å². The maximum atomic E-state index is 8.93. The number of hydrogen-bond donors (Lipinski definition) is 4. The van der Waals surface area contributed by atoms with Crippen molar-refractivity contribution in [3.63, 3.8) is 0 Å². The molecule has 0 aliphatic rings. The number of nitrogens with one attached hydrogen (secondary N) is 1. The summed E-state index contributed by atoms with van der Waals surface area (Å²) in [7, 11) is 0. The average Bonchev–Trinajstić information content (AvgIpc) is 3.29. The van der Waals surface area contributed by atoms with E-state index in [1.54, 1.807) is 61.6 Å². The Balaban J connectivity index is -0.000000387. The third-order valence-corrected chi connectivity index (χ3v) is 2.75. The number of aliphatic hydroxyl groups excluding tert-OH is 1. The van der Waals surface area contributed by atoms with Crippen LogP contribution in [0.4, 0.5) is 11.5 Å². The number of allylic oxidation sites excluding steroid dienone is 1. The molecule has 0 bridgehead atoms. The maximum absolute atomic E-state index is 8.93. The molecule has 0 amide bonds. The van der Waals surface area contributed by atoms with Crippen LogP contribution in [0.1, 0.15) is 20.8 Å². The molecule has 3 rings (SSSR count). The van der Waals surface area contributed by atoms with Crippen molar-refractivity contribution in [3.05, 3.63) is 73.7 Å². The Hall–Kier alpha value is -2.98. The molecule has 0 aliphatic carbocycles. The number of hydrogen-bond acceptors (Lipinski definition) is 10. The molecule has 3 aromatic heterocycles. The molecule has 0 spiro atoms. The predicted octanol–water partition coefficient (Wildman–Crippen LogP) is -1.35. The predicted molar refractivity (Wildman–Crippen MR) is 127 cm³/mol. The van der Waals surface area contributed by atoms with E-state index in [1.165, 1.54) is 12.3 Å². The zero-order valence-electron chi connectivity index (χ0n) is 20.2. The summed E-state index contributed by atoms with van der Waals surface area (Å²) in [6.07, 6.45) is 11.3. The summed E-state index contributed by atoms with van der Waals surface area (Å²) < 4.78 is 6.35. The number of rotatable bonds is 4. The van der Waals surface area contributed by atoms with Crippen molar-refractivity contribution in [2.75, 3.05) is 31.0 Å². The smallest absolute Gasteiger partial charge is 0.855 e. The van der Waals surface area contributed by atoms with E-state index in [1.807, 2.05) is 31.2 Å². The zero-order valence-corrected chi connectivity index (χ0v) is 22.2. The van der Waals surface area contributed by atoms with Gasteiger partial charge in [-0.05, 0) is 38.1 Å². The number of nitrogens with zero attached hydrogens (tertiary/aromatic N) is 5. The Morgan fingerprint density at radius 2 is 1.76 bits per heavy atom. The molecule has 180 valence electrons. The first-order valence-electron chi connectivity index (χ1n) is 9.97. The molecule has 0 unspecified atom stereocenters. The van der Waals surface area contributed by atoms with E-state index in [2.05, 4.69) is 25.2 Å². The van der Waals surface area contributed by atoms with Gasteiger partial charge < -0.3 is 26.1 Å². The molecular weight excluding hydrogens is 447 g/mol. The molecule has 0 saturated carbocycles. The summed E-state index contributed by atoms with van der Waals surface area (Å²) in [4.78, 5) is 7.78. The van der Waals surface area contributed by atoms with E-state index in [9.17, 15) is 0 Å². The second-order valence-corrected chi connectivity index (χ2v) is 5.27. The fourth-order valence-electron chi connectivity index (χ4n) is 1.59. The minimum atomic E-state index is 0. The zero-order chi connectivity index (χ0) is 25.2.